The molecule has 1 unspecified atom stereocenters. The van der Waals surface area contributed by atoms with E-state index in [-0.39, 0.29) is 0 Å². The molecule has 0 spiro atoms. The number of carbonyl (C=O) groups is 1. The lowest BCUT2D eigenvalue weighted by atomic mass is 10.1. The van der Waals surface area contributed by atoms with Crippen molar-refractivity contribution in [3.8, 4) is 0 Å². The molecule has 0 bridgehead atoms. The minimum absolute atomic E-state index is 0.430. The molecule has 0 amide bonds. The van der Waals surface area contributed by atoms with E-state index in [4.69, 9.17) is 5.11 Å². The van der Waals surface area contributed by atoms with Crippen LogP contribution in [0, 0.1) is 0 Å². The average molecular weight is 248 g/mol. The quantitative estimate of drug-likeness (QED) is 0.716. The van der Waals surface area contributed by atoms with Gasteiger partial charge in [-0.1, -0.05) is 19.1 Å². The minimum Gasteiger partial charge on any atom is -0.480 e. The second-order valence-corrected chi connectivity index (χ2v) is 4.67. The molecule has 1 aromatic rings. The van der Waals surface area contributed by atoms with Gasteiger partial charge in [-0.05, 0) is 43.0 Å². The van der Waals surface area contributed by atoms with Crippen LogP contribution in [0.3, 0.4) is 0 Å². The summed E-state index contributed by atoms with van der Waals surface area (Å²) in [5.74, 6) is -0.768. The van der Waals surface area contributed by atoms with E-state index in [1.807, 2.05) is 6.92 Å². The van der Waals surface area contributed by atoms with Gasteiger partial charge >= 0.3 is 5.97 Å². The third-order valence-corrected chi connectivity index (χ3v) is 3.39. The third kappa shape index (κ3) is 3.01. The summed E-state index contributed by atoms with van der Waals surface area (Å²) in [6.45, 7) is 3.61. The van der Waals surface area contributed by atoms with Gasteiger partial charge in [-0.3, -0.25) is 4.79 Å². The molecule has 1 aliphatic rings. The Kier molecular flexibility index (Phi) is 4.20. The molecule has 3 N–H and O–H groups in total. The Bertz CT molecular complexity index is 432. The summed E-state index contributed by atoms with van der Waals surface area (Å²) >= 11 is 0. The van der Waals surface area contributed by atoms with Crippen LogP contribution >= 0.6 is 0 Å². The van der Waals surface area contributed by atoms with Gasteiger partial charge in [-0.25, -0.2) is 0 Å². The van der Waals surface area contributed by atoms with Crippen LogP contribution in [0.25, 0.3) is 0 Å². The molecular weight excluding hydrogens is 228 g/mol. The first kappa shape index (κ1) is 12.9. The van der Waals surface area contributed by atoms with Gasteiger partial charge in [-0.2, -0.15) is 0 Å². The van der Waals surface area contributed by atoms with Crippen LogP contribution in [-0.4, -0.2) is 30.2 Å². The van der Waals surface area contributed by atoms with Gasteiger partial charge in [0, 0.05) is 12.2 Å². The lowest BCUT2D eigenvalue weighted by Crippen LogP contribution is -2.37. The van der Waals surface area contributed by atoms with Crippen molar-refractivity contribution in [2.45, 2.75) is 32.2 Å². The molecule has 1 aliphatic heterocycles. The van der Waals surface area contributed by atoms with E-state index in [0.29, 0.717) is 13.0 Å². The van der Waals surface area contributed by atoms with E-state index in [9.17, 15) is 4.79 Å². The Balaban J connectivity index is 1.85. The van der Waals surface area contributed by atoms with Gasteiger partial charge in [0.05, 0.1) is 0 Å². The maximum Gasteiger partial charge on any atom is 0.320 e. The zero-order valence-electron chi connectivity index (χ0n) is 10.7. The van der Waals surface area contributed by atoms with Crippen molar-refractivity contribution in [2.75, 3.05) is 18.4 Å². The Morgan fingerprint density at radius 1 is 1.56 bits per heavy atom. The third-order valence-electron chi connectivity index (χ3n) is 3.39. The van der Waals surface area contributed by atoms with Crippen molar-refractivity contribution in [3.05, 3.63) is 29.3 Å². The molecule has 0 aromatic heterocycles. The standard InChI is InChI=1S/C14H20N2O2/c1-2-12(14(17)18)15-7-5-10-3-4-13-11(9-10)6-8-16-13/h3-4,9,12,15-16H,2,5-8H2,1H3,(H,17,18). The maximum absolute atomic E-state index is 10.9. The fourth-order valence-corrected chi connectivity index (χ4v) is 2.31. The first-order valence-corrected chi connectivity index (χ1v) is 6.52. The second kappa shape index (κ2) is 5.87. The Hall–Kier alpha value is -1.55. The smallest absolute Gasteiger partial charge is 0.320 e. The maximum atomic E-state index is 10.9. The molecule has 1 heterocycles. The summed E-state index contributed by atoms with van der Waals surface area (Å²) in [4.78, 5) is 10.9. The van der Waals surface area contributed by atoms with Crippen molar-refractivity contribution < 1.29 is 9.90 Å². The number of anilines is 1. The summed E-state index contributed by atoms with van der Waals surface area (Å²) in [5, 5.41) is 15.3. The first-order valence-electron chi connectivity index (χ1n) is 6.52. The monoisotopic (exact) mass is 248 g/mol. The second-order valence-electron chi connectivity index (χ2n) is 4.67. The molecule has 2 rings (SSSR count). The predicted octanol–water partition coefficient (Wildman–Crippen LogP) is 1.65. The van der Waals surface area contributed by atoms with E-state index in [1.54, 1.807) is 0 Å². The molecule has 98 valence electrons. The molecule has 0 saturated carbocycles. The number of carboxylic acid groups (broad SMARTS) is 1. The highest BCUT2D eigenvalue weighted by Crippen LogP contribution is 2.22. The number of fused-ring (bicyclic) bond motifs is 1. The molecule has 0 saturated heterocycles. The van der Waals surface area contributed by atoms with Crippen LogP contribution in [0.2, 0.25) is 0 Å². The van der Waals surface area contributed by atoms with Gasteiger partial charge in [0.1, 0.15) is 6.04 Å². The molecule has 4 nitrogen and oxygen atoms in total. The predicted molar refractivity (Wildman–Crippen MR) is 72.1 cm³/mol. The number of hydrogen-bond donors (Lipinski definition) is 3. The molecule has 18 heavy (non-hydrogen) atoms. The fraction of sp³-hybridized carbons (Fsp3) is 0.500. The van der Waals surface area contributed by atoms with Crippen LogP contribution in [0.5, 0.6) is 0 Å². The minimum atomic E-state index is -0.768. The first-order chi connectivity index (χ1) is 8.70. The Morgan fingerprint density at radius 3 is 3.11 bits per heavy atom. The molecule has 0 aliphatic carbocycles. The van der Waals surface area contributed by atoms with Gasteiger partial charge in [0.25, 0.3) is 0 Å². The summed E-state index contributed by atoms with van der Waals surface area (Å²) < 4.78 is 0. The van der Waals surface area contributed by atoms with Crippen LogP contribution in [0.15, 0.2) is 18.2 Å². The highest BCUT2D eigenvalue weighted by Gasteiger charge is 2.14. The summed E-state index contributed by atoms with van der Waals surface area (Å²) in [5.41, 5.74) is 3.88. The zero-order chi connectivity index (χ0) is 13.0. The lowest BCUT2D eigenvalue weighted by molar-refractivity contribution is -0.139. The average Bonchev–Trinajstić information content (AvgIpc) is 2.81. The largest absolute Gasteiger partial charge is 0.480 e. The Morgan fingerprint density at radius 2 is 2.39 bits per heavy atom. The highest BCUT2D eigenvalue weighted by atomic mass is 16.4. The summed E-state index contributed by atoms with van der Waals surface area (Å²) in [6, 6.07) is 6.02. The SMILES string of the molecule is CCC(NCCc1ccc2c(c1)CCN2)C(=O)O. The van der Waals surface area contributed by atoms with Crippen molar-refractivity contribution in [1.29, 1.82) is 0 Å². The number of carboxylic acids is 1. The van der Waals surface area contributed by atoms with Gasteiger partial charge in [-0.15, -0.1) is 0 Å². The normalized spacial score (nSPS) is 14.9. The summed E-state index contributed by atoms with van der Waals surface area (Å²) in [6.07, 6.45) is 2.57. The molecular formula is C14H20N2O2. The topological polar surface area (TPSA) is 61.4 Å². The number of benzene rings is 1. The van der Waals surface area contributed by atoms with Gasteiger partial charge in [0.15, 0.2) is 0 Å². The van der Waals surface area contributed by atoms with Crippen LogP contribution < -0.4 is 10.6 Å². The summed E-state index contributed by atoms with van der Waals surface area (Å²) in [7, 11) is 0. The highest BCUT2D eigenvalue weighted by molar-refractivity contribution is 5.73. The van der Waals surface area contributed by atoms with Crippen LogP contribution in [0.1, 0.15) is 24.5 Å². The number of aliphatic carboxylic acids is 1. The van der Waals surface area contributed by atoms with Crippen molar-refractivity contribution in [2.24, 2.45) is 0 Å². The number of rotatable bonds is 6. The van der Waals surface area contributed by atoms with E-state index in [1.165, 1.54) is 16.8 Å². The van der Waals surface area contributed by atoms with Crippen molar-refractivity contribution >= 4 is 11.7 Å². The molecule has 1 aromatic carbocycles. The van der Waals surface area contributed by atoms with E-state index >= 15 is 0 Å². The van der Waals surface area contributed by atoms with Gasteiger partial charge in [0.2, 0.25) is 0 Å². The van der Waals surface area contributed by atoms with Gasteiger partial charge < -0.3 is 15.7 Å². The number of hydrogen-bond acceptors (Lipinski definition) is 3. The lowest BCUT2D eigenvalue weighted by Gasteiger charge is -2.12. The van der Waals surface area contributed by atoms with Crippen molar-refractivity contribution in [1.82, 2.24) is 5.32 Å². The fourth-order valence-electron chi connectivity index (χ4n) is 2.31. The number of nitrogens with one attached hydrogen (secondary N) is 2. The van der Waals surface area contributed by atoms with Crippen molar-refractivity contribution in [3.63, 3.8) is 0 Å². The molecule has 0 radical (unpaired) electrons. The van der Waals surface area contributed by atoms with E-state index in [2.05, 4.69) is 28.8 Å². The van der Waals surface area contributed by atoms with Crippen LogP contribution in [0.4, 0.5) is 5.69 Å². The molecule has 1 atom stereocenters. The zero-order valence-corrected chi connectivity index (χ0v) is 10.7. The van der Waals surface area contributed by atoms with E-state index in [0.717, 1.165) is 19.4 Å². The van der Waals surface area contributed by atoms with E-state index < -0.39 is 12.0 Å². The molecule has 4 heteroatoms. The van der Waals surface area contributed by atoms with Crippen LogP contribution in [-0.2, 0) is 17.6 Å². The Labute approximate surface area is 107 Å². The molecule has 0 fully saturated rings.